The fourth-order valence-electron chi connectivity index (χ4n) is 2.24. The Bertz CT molecular complexity index is 503. The summed E-state index contributed by atoms with van der Waals surface area (Å²) in [7, 11) is 0. The molecule has 5 heteroatoms. The van der Waals surface area contributed by atoms with E-state index in [9.17, 15) is 4.79 Å². The fourth-order valence-corrected chi connectivity index (χ4v) is 2.51. The predicted octanol–water partition coefficient (Wildman–Crippen LogP) is 2.28. The summed E-state index contributed by atoms with van der Waals surface area (Å²) in [5.74, 6) is 0.915. The molecule has 0 radical (unpaired) electrons. The molecule has 2 rings (SSSR count). The zero-order valence-corrected chi connectivity index (χ0v) is 12.9. The monoisotopic (exact) mass is 296 g/mol. The molecule has 1 aliphatic rings. The van der Waals surface area contributed by atoms with E-state index in [1.807, 2.05) is 32.9 Å². The summed E-state index contributed by atoms with van der Waals surface area (Å²) in [6, 6.07) is 3.73. The third kappa shape index (κ3) is 3.64. The quantitative estimate of drug-likeness (QED) is 0.876. The van der Waals surface area contributed by atoms with Crippen molar-refractivity contribution in [1.29, 1.82) is 0 Å². The number of benzene rings is 1. The van der Waals surface area contributed by atoms with Crippen molar-refractivity contribution < 1.29 is 9.53 Å². The van der Waals surface area contributed by atoms with Gasteiger partial charge in [-0.2, -0.15) is 0 Å². The van der Waals surface area contributed by atoms with Crippen LogP contribution in [0.4, 0.5) is 0 Å². The molecule has 1 heterocycles. The molecule has 0 saturated heterocycles. The normalized spacial score (nSPS) is 14.8. The molecule has 0 bridgehead atoms. The van der Waals surface area contributed by atoms with Crippen molar-refractivity contribution in [1.82, 2.24) is 10.6 Å². The van der Waals surface area contributed by atoms with E-state index in [0.717, 1.165) is 23.3 Å². The van der Waals surface area contributed by atoms with E-state index in [2.05, 4.69) is 10.6 Å². The van der Waals surface area contributed by atoms with Crippen LogP contribution in [-0.4, -0.2) is 24.6 Å². The number of hydrogen-bond acceptors (Lipinski definition) is 3. The summed E-state index contributed by atoms with van der Waals surface area (Å²) in [4.78, 5) is 11.8. The van der Waals surface area contributed by atoms with Crippen LogP contribution in [0.5, 0.6) is 5.75 Å². The van der Waals surface area contributed by atoms with Crippen LogP contribution in [-0.2, 0) is 17.8 Å². The molecule has 1 amide bonds. The SMILES string of the molecule is CC(C)NC(=O)C(C)NCc1cc(Cl)cc2c1OCC2. The summed E-state index contributed by atoms with van der Waals surface area (Å²) in [6.07, 6.45) is 0.895. The maximum atomic E-state index is 11.8. The first kappa shape index (κ1) is 15.1. The largest absolute Gasteiger partial charge is 0.493 e. The zero-order chi connectivity index (χ0) is 14.7. The van der Waals surface area contributed by atoms with Gasteiger partial charge in [0.25, 0.3) is 0 Å². The maximum absolute atomic E-state index is 11.8. The van der Waals surface area contributed by atoms with Gasteiger partial charge in [-0.15, -0.1) is 0 Å². The number of fused-ring (bicyclic) bond motifs is 1. The second kappa shape index (κ2) is 6.46. The van der Waals surface area contributed by atoms with E-state index in [1.54, 1.807) is 0 Å². The lowest BCUT2D eigenvalue weighted by Gasteiger charge is -2.17. The number of carbonyl (C=O) groups is 1. The molecule has 20 heavy (non-hydrogen) atoms. The smallest absolute Gasteiger partial charge is 0.237 e. The van der Waals surface area contributed by atoms with E-state index in [-0.39, 0.29) is 18.0 Å². The second-order valence-electron chi connectivity index (χ2n) is 5.42. The molecule has 1 aliphatic heterocycles. The van der Waals surface area contributed by atoms with Gasteiger partial charge < -0.3 is 15.4 Å². The fraction of sp³-hybridized carbons (Fsp3) is 0.533. The van der Waals surface area contributed by atoms with Crippen LogP contribution in [0.25, 0.3) is 0 Å². The molecule has 2 N–H and O–H groups in total. The molecule has 110 valence electrons. The number of rotatable bonds is 5. The number of halogens is 1. The topological polar surface area (TPSA) is 50.4 Å². The Morgan fingerprint density at radius 3 is 2.85 bits per heavy atom. The lowest BCUT2D eigenvalue weighted by Crippen LogP contribution is -2.44. The van der Waals surface area contributed by atoms with Crippen molar-refractivity contribution in [3.8, 4) is 5.75 Å². The Hall–Kier alpha value is -1.26. The molecule has 1 atom stereocenters. The number of nitrogens with one attached hydrogen (secondary N) is 2. The van der Waals surface area contributed by atoms with Crippen LogP contribution in [0.15, 0.2) is 12.1 Å². The number of hydrogen-bond donors (Lipinski definition) is 2. The molecule has 1 unspecified atom stereocenters. The average Bonchev–Trinajstić information content (AvgIpc) is 2.82. The van der Waals surface area contributed by atoms with Gasteiger partial charge in [0.15, 0.2) is 0 Å². The van der Waals surface area contributed by atoms with Crippen molar-refractivity contribution in [2.24, 2.45) is 0 Å². The highest BCUT2D eigenvalue weighted by atomic mass is 35.5. The number of amides is 1. The third-order valence-electron chi connectivity index (χ3n) is 3.25. The van der Waals surface area contributed by atoms with Crippen LogP contribution in [0, 0.1) is 0 Å². The molecule has 0 aliphatic carbocycles. The lowest BCUT2D eigenvalue weighted by atomic mass is 10.1. The first-order chi connectivity index (χ1) is 9.47. The summed E-state index contributed by atoms with van der Waals surface area (Å²) < 4.78 is 5.64. The molecule has 4 nitrogen and oxygen atoms in total. The average molecular weight is 297 g/mol. The van der Waals surface area contributed by atoms with Gasteiger partial charge >= 0.3 is 0 Å². The highest BCUT2D eigenvalue weighted by molar-refractivity contribution is 6.30. The van der Waals surface area contributed by atoms with Crippen LogP contribution in [0.3, 0.4) is 0 Å². The standard InChI is InChI=1S/C15H21ClN2O2/c1-9(2)18-15(19)10(3)17-8-12-7-13(16)6-11-4-5-20-14(11)12/h6-7,9-10,17H,4-5,8H2,1-3H3,(H,18,19). The van der Waals surface area contributed by atoms with Gasteiger partial charge in [-0.05, 0) is 38.5 Å². The first-order valence-electron chi connectivity index (χ1n) is 6.95. The summed E-state index contributed by atoms with van der Waals surface area (Å²) in [6.45, 7) is 7.01. The number of ether oxygens (including phenoxy) is 1. The van der Waals surface area contributed by atoms with Crippen LogP contribution < -0.4 is 15.4 Å². The molecule has 1 aromatic carbocycles. The summed E-state index contributed by atoms with van der Waals surface area (Å²) >= 11 is 6.11. The predicted molar refractivity (Wildman–Crippen MR) is 80.2 cm³/mol. The van der Waals surface area contributed by atoms with E-state index < -0.39 is 0 Å². The maximum Gasteiger partial charge on any atom is 0.237 e. The van der Waals surface area contributed by atoms with Crippen molar-refractivity contribution in [2.45, 2.75) is 45.8 Å². The van der Waals surface area contributed by atoms with E-state index in [1.165, 1.54) is 0 Å². The van der Waals surface area contributed by atoms with Gasteiger partial charge in [0, 0.05) is 29.6 Å². The molecule has 0 saturated carbocycles. The number of carbonyl (C=O) groups excluding carboxylic acids is 1. The van der Waals surface area contributed by atoms with E-state index in [0.29, 0.717) is 18.2 Å². The van der Waals surface area contributed by atoms with Gasteiger partial charge in [0.1, 0.15) is 5.75 Å². The van der Waals surface area contributed by atoms with Crippen molar-refractivity contribution >= 4 is 17.5 Å². The van der Waals surface area contributed by atoms with E-state index >= 15 is 0 Å². The molecule has 0 aromatic heterocycles. The minimum Gasteiger partial charge on any atom is -0.493 e. The van der Waals surface area contributed by atoms with Crippen molar-refractivity contribution in [3.05, 3.63) is 28.3 Å². The highest BCUT2D eigenvalue weighted by Gasteiger charge is 2.19. The minimum atomic E-state index is -0.256. The van der Waals surface area contributed by atoms with Crippen LogP contribution in [0.2, 0.25) is 5.02 Å². The van der Waals surface area contributed by atoms with Crippen LogP contribution in [0.1, 0.15) is 31.9 Å². The van der Waals surface area contributed by atoms with Crippen molar-refractivity contribution in [2.75, 3.05) is 6.61 Å². The second-order valence-corrected chi connectivity index (χ2v) is 5.85. The Labute approximate surface area is 124 Å². The van der Waals surface area contributed by atoms with Crippen molar-refractivity contribution in [3.63, 3.8) is 0 Å². The molecular weight excluding hydrogens is 276 g/mol. The molecule has 1 aromatic rings. The van der Waals surface area contributed by atoms with Gasteiger partial charge in [-0.25, -0.2) is 0 Å². The third-order valence-corrected chi connectivity index (χ3v) is 3.47. The highest BCUT2D eigenvalue weighted by Crippen LogP contribution is 2.32. The van der Waals surface area contributed by atoms with Gasteiger partial charge in [-0.1, -0.05) is 11.6 Å². The Balaban J connectivity index is 1.99. The lowest BCUT2D eigenvalue weighted by molar-refractivity contribution is -0.123. The van der Waals surface area contributed by atoms with Crippen LogP contribution >= 0.6 is 11.6 Å². The Morgan fingerprint density at radius 1 is 1.40 bits per heavy atom. The van der Waals surface area contributed by atoms with Gasteiger partial charge in [0.2, 0.25) is 5.91 Å². The summed E-state index contributed by atoms with van der Waals surface area (Å²) in [5, 5.41) is 6.81. The molecular formula is C15H21ClN2O2. The Morgan fingerprint density at radius 2 is 2.15 bits per heavy atom. The van der Waals surface area contributed by atoms with Gasteiger partial charge in [0.05, 0.1) is 12.6 Å². The molecule has 0 spiro atoms. The molecule has 0 fully saturated rings. The minimum absolute atomic E-state index is 0.000378. The van der Waals surface area contributed by atoms with Gasteiger partial charge in [-0.3, -0.25) is 4.79 Å². The summed E-state index contributed by atoms with van der Waals surface area (Å²) in [5.41, 5.74) is 2.16. The Kier molecular flexibility index (Phi) is 4.89. The van der Waals surface area contributed by atoms with E-state index in [4.69, 9.17) is 16.3 Å². The zero-order valence-electron chi connectivity index (χ0n) is 12.1. The first-order valence-corrected chi connectivity index (χ1v) is 7.33.